The molecule has 2 aliphatic rings. The summed E-state index contributed by atoms with van der Waals surface area (Å²) in [4.78, 5) is 8.20. The normalized spacial score (nSPS) is 13.4. The van der Waals surface area contributed by atoms with Crippen molar-refractivity contribution < 1.29 is 0 Å². The van der Waals surface area contributed by atoms with Crippen LogP contribution in [0.2, 0.25) is 0 Å². The van der Waals surface area contributed by atoms with Gasteiger partial charge in [0.25, 0.3) is 0 Å². The van der Waals surface area contributed by atoms with E-state index in [9.17, 15) is 0 Å². The van der Waals surface area contributed by atoms with Crippen LogP contribution in [0.15, 0.2) is 234 Å². The first kappa shape index (κ1) is 35.8. The maximum atomic E-state index is 5.58. The molecule has 12 aromatic rings. The SMILES string of the molecule is c1ccc(-c2nc3cc(-c4cccc(-c5ccc6c7ccccc7c7ccccc7c6c5)c4)ccc3c3cc4c(cc23)-c2ccccc2C42c3ccccc3Sc3ccccc32)cc1. The Morgan fingerprint density at radius 2 is 0.781 bits per heavy atom. The highest BCUT2D eigenvalue weighted by molar-refractivity contribution is 7.99. The molecular formula is C62H37NS. The molecule has 64 heavy (non-hydrogen) atoms. The lowest BCUT2D eigenvalue weighted by Gasteiger charge is -2.39. The van der Waals surface area contributed by atoms with Gasteiger partial charge in [-0.05, 0) is 136 Å². The van der Waals surface area contributed by atoms with Crippen molar-refractivity contribution in [1.29, 1.82) is 0 Å². The molecule has 0 fully saturated rings. The molecule has 0 atom stereocenters. The molecule has 1 aliphatic heterocycles. The zero-order valence-electron chi connectivity index (χ0n) is 34.7. The van der Waals surface area contributed by atoms with Crippen LogP contribution >= 0.6 is 11.8 Å². The number of aromatic nitrogens is 1. The quantitative estimate of drug-likeness (QED) is 0.165. The number of benzene rings is 11. The fourth-order valence-corrected chi connectivity index (χ4v) is 12.5. The van der Waals surface area contributed by atoms with Crippen LogP contribution in [-0.4, -0.2) is 4.98 Å². The lowest BCUT2D eigenvalue weighted by atomic mass is 9.67. The molecule has 1 aliphatic carbocycles. The second kappa shape index (κ2) is 13.6. The second-order valence-corrected chi connectivity index (χ2v) is 18.4. The van der Waals surface area contributed by atoms with Crippen LogP contribution in [0, 0.1) is 0 Å². The van der Waals surface area contributed by atoms with E-state index in [1.165, 1.54) is 103 Å². The molecule has 2 heteroatoms. The Kier molecular flexibility index (Phi) is 7.61. The molecule has 296 valence electrons. The zero-order chi connectivity index (χ0) is 41.9. The molecule has 0 amide bonds. The number of hydrogen-bond acceptors (Lipinski definition) is 2. The van der Waals surface area contributed by atoms with Gasteiger partial charge in [0.2, 0.25) is 0 Å². The first-order valence-corrected chi connectivity index (χ1v) is 22.9. The fourth-order valence-electron chi connectivity index (χ4n) is 11.3. The molecule has 0 radical (unpaired) electrons. The minimum absolute atomic E-state index is 0.455. The maximum absolute atomic E-state index is 5.58. The number of fused-ring (bicyclic) bond motifs is 18. The van der Waals surface area contributed by atoms with E-state index >= 15 is 0 Å². The van der Waals surface area contributed by atoms with E-state index < -0.39 is 5.41 Å². The predicted octanol–water partition coefficient (Wildman–Crippen LogP) is 16.7. The van der Waals surface area contributed by atoms with E-state index in [4.69, 9.17) is 4.98 Å². The van der Waals surface area contributed by atoms with Crippen molar-refractivity contribution in [3.8, 4) is 44.6 Å². The summed E-state index contributed by atoms with van der Waals surface area (Å²) in [6.07, 6.45) is 0. The van der Waals surface area contributed by atoms with Gasteiger partial charge >= 0.3 is 0 Å². The molecule has 0 bridgehead atoms. The molecule has 0 N–H and O–H groups in total. The van der Waals surface area contributed by atoms with Crippen LogP contribution in [0.3, 0.4) is 0 Å². The monoisotopic (exact) mass is 827 g/mol. The van der Waals surface area contributed by atoms with E-state index in [1.807, 2.05) is 11.8 Å². The van der Waals surface area contributed by atoms with E-state index in [2.05, 4.69) is 224 Å². The molecule has 11 aromatic carbocycles. The van der Waals surface area contributed by atoms with Gasteiger partial charge < -0.3 is 0 Å². The summed E-state index contributed by atoms with van der Waals surface area (Å²) in [7, 11) is 0. The van der Waals surface area contributed by atoms with E-state index in [-0.39, 0.29) is 0 Å². The molecule has 0 unspecified atom stereocenters. The lowest BCUT2D eigenvalue weighted by molar-refractivity contribution is 0.723. The second-order valence-electron chi connectivity index (χ2n) is 17.3. The van der Waals surface area contributed by atoms with Gasteiger partial charge in [0.05, 0.1) is 16.6 Å². The minimum atomic E-state index is -0.455. The van der Waals surface area contributed by atoms with E-state index in [0.29, 0.717) is 0 Å². The third-order valence-corrected chi connectivity index (χ3v) is 15.2. The van der Waals surface area contributed by atoms with E-state index in [0.717, 1.165) is 27.7 Å². The Bertz CT molecular complexity index is 3860. The molecule has 1 nitrogen and oxygen atoms in total. The molecule has 0 saturated carbocycles. The Morgan fingerprint density at radius 1 is 0.281 bits per heavy atom. The van der Waals surface area contributed by atoms with Gasteiger partial charge in [0.15, 0.2) is 0 Å². The lowest BCUT2D eigenvalue weighted by Crippen LogP contribution is -2.31. The Labute approximate surface area is 375 Å². The van der Waals surface area contributed by atoms with Crippen molar-refractivity contribution in [1.82, 2.24) is 4.98 Å². The van der Waals surface area contributed by atoms with Crippen LogP contribution < -0.4 is 0 Å². The van der Waals surface area contributed by atoms with Gasteiger partial charge in [0, 0.05) is 26.1 Å². The van der Waals surface area contributed by atoms with Gasteiger partial charge in [0.1, 0.15) is 0 Å². The smallest absolute Gasteiger partial charge is 0.0788 e. The standard InChI is InChI=1S/C62H37NS/c1-2-15-38(16-3-1)61-53-36-52-48-23-8-9-24-54(48)62(55-25-10-12-27-59(55)64-60-28-13-11-26-56(60)62)57(52)37-51(53)49-32-30-42(35-58(49)63-61)40-18-14-17-39(33-40)41-29-31-47-45-21-5-4-19-43(45)44-20-6-7-22-46(44)50(47)34-41/h1-37H. The number of hydrogen-bond donors (Lipinski definition) is 0. The van der Waals surface area contributed by atoms with Gasteiger partial charge in [-0.3, -0.25) is 0 Å². The summed E-state index contributed by atoms with van der Waals surface area (Å²) < 4.78 is 0. The van der Waals surface area contributed by atoms with Gasteiger partial charge in [-0.1, -0.05) is 194 Å². The molecule has 14 rings (SSSR count). The Hall–Kier alpha value is -7.78. The van der Waals surface area contributed by atoms with Crippen LogP contribution in [0.5, 0.6) is 0 Å². The Balaban J connectivity index is 0.980. The highest BCUT2D eigenvalue weighted by Gasteiger charge is 2.50. The van der Waals surface area contributed by atoms with Crippen molar-refractivity contribution in [3.05, 3.63) is 247 Å². The highest BCUT2D eigenvalue weighted by atomic mass is 32.2. The average molecular weight is 828 g/mol. The summed E-state index contributed by atoms with van der Waals surface area (Å²) >= 11 is 1.89. The minimum Gasteiger partial charge on any atom is -0.247 e. The molecule has 1 spiro atoms. The van der Waals surface area contributed by atoms with Crippen molar-refractivity contribution >= 4 is 65.8 Å². The third kappa shape index (κ3) is 5.00. The highest BCUT2D eigenvalue weighted by Crippen LogP contribution is 2.63. The maximum Gasteiger partial charge on any atom is 0.0788 e. The molecule has 1 aromatic heterocycles. The number of rotatable bonds is 3. The summed E-state index contributed by atoms with van der Waals surface area (Å²) in [6.45, 7) is 0. The van der Waals surface area contributed by atoms with Crippen LogP contribution in [0.25, 0.3) is 98.6 Å². The zero-order valence-corrected chi connectivity index (χ0v) is 35.5. The van der Waals surface area contributed by atoms with Crippen molar-refractivity contribution in [3.63, 3.8) is 0 Å². The van der Waals surface area contributed by atoms with Gasteiger partial charge in [-0.2, -0.15) is 0 Å². The average Bonchev–Trinajstić information content (AvgIpc) is 3.65. The molecule has 0 saturated heterocycles. The Morgan fingerprint density at radius 3 is 1.47 bits per heavy atom. The van der Waals surface area contributed by atoms with Gasteiger partial charge in [-0.25, -0.2) is 4.98 Å². The van der Waals surface area contributed by atoms with E-state index in [1.54, 1.807) is 0 Å². The summed E-state index contributed by atoms with van der Waals surface area (Å²) in [6, 6.07) is 83.4. The third-order valence-electron chi connectivity index (χ3n) is 14.1. The van der Waals surface area contributed by atoms with Crippen molar-refractivity contribution in [2.24, 2.45) is 0 Å². The topological polar surface area (TPSA) is 12.9 Å². The van der Waals surface area contributed by atoms with Crippen molar-refractivity contribution in [2.45, 2.75) is 15.2 Å². The van der Waals surface area contributed by atoms with Crippen molar-refractivity contribution in [2.75, 3.05) is 0 Å². The van der Waals surface area contributed by atoms with Gasteiger partial charge in [-0.15, -0.1) is 0 Å². The summed E-state index contributed by atoms with van der Waals surface area (Å²) in [5.74, 6) is 0. The first-order chi connectivity index (χ1) is 31.7. The molecule has 2 heterocycles. The number of pyridine rings is 1. The van der Waals surface area contributed by atoms with Crippen LogP contribution in [0.1, 0.15) is 22.3 Å². The summed E-state index contributed by atoms with van der Waals surface area (Å²) in [5.41, 5.74) is 15.3. The van der Waals surface area contributed by atoms with Crippen LogP contribution in [0.4, 0.5) is 0 Å². The predicted molar refractivity (Wildman–Crippen MR) is 270 cm³/mol. The first-order valence-electron chi connectivity index (χ1n) is 22.1. The largest absolute Gasteiger partial charge is 0.247 e. The number of nitrogens with zero attached hydrogens (tertiary/aromatic N) is 1. The van der Waals surface area contributed by atoms with Crippen LogP contribution in [-0.2, 0) is 5.41 Å². The fraction of sp³-hybridized carbons (Fsp3) is 0.0161. The molecular weight excluding hydrogens is 791 g/mol. The summed E-state index contributed by atoms with van der Waals surface area (Å²) in [5, 5.41) is 11.3.